The van der Waals surface area contributed by atoms with E-state index in [4.69, 9.17) is 5.11 Å². The summed E-state index contributed by atoms with van der Waals surface area (Å²) in [6.07, 6.45) is 6.85. The summed E-state index contributed by atoms with van der Waals surface area (Å²) in [7, 11) is 1.91. The van der Waals surface area contributed by atoms with Gasteiger partial charge in [0.2, 0.25) is 0 Å². The van der Waals surface area contributed by atoms with Crippen LogP contribution in [0.2, 0.25) is 0 Å². The minimum Gasteiger partial charge on any atom is -0.481 e. The second-order valence-corrected chi connectivity index (χ2v) is 6.07. The molecule has 0 bridgehead atoms. The summed E-state index contributed by atoms with van der Waals surface area (Å²) in [4.78, 5) is 23.3. The van der Waals surface area contributed by atoms with Crippen LogP contribution in [0.3, 0.4) is 0 Å². The summed E-state index contributed by atoms with van der Waals surface area (Å²) in [5.41, 5.74) is 3.68. The van der Waals surface area contributed by atoms with E-state index in [1.54, 1.807) is 0 Å². The van der Waals surface area contributed by atoms with E-state index in [9.17, 15) is 9.59 Å². The number of nitrogens with zero attached hydrogens (tertiary/aromatic N) is 1. The lowest BCUT2D eigenvalue weighted by Gasteiger charge is -2.04. The van der Waals surface area contributed by atoms with Gasteiger partial charge in [0.1, 0.15) is 0 Å². The molecule has 0 amide bonds. The van der Waals surface area contributed by atoms with Crippen LogP contribution in [0.15, 0.2) is 0 Å². The van der Waals surface area contributed by atoms with Gasteiger partial charge >= 0.3 is 5.97 Å². The van der Waals surface area contributed by atoms with Crippen molar-refractivity contribution in [3.63, 3.8) is 0 Å². The zero-order valence-corrected chi connectivity index (χ0v) is 14.4. The zero-order chi connectivity index (χ0) is 16.7. The maximum absolute atomic E-state index is 12.5. The van der Waals surface area contributed by atoms with E-state index >= 15 is 0 Å². The van der Waals surface area contributed by atoms with E-state index in [1.807, 2.05) is 25.5 Å². The highest BCUT2D eigenvalue weighted by atomic mass is 16.4. The van der Waals surface area contributed by atoms with Crippen LogP contribution in [-0.2, 0) is 18.3 Å². The van der Waals surface area contributed by atoms with Gasteiger partial charge in [0, 0.05) is 30.4 Å². The molecule has 0 unspecified atom stereocenters. The van der Waals surface area contributed by atoms with Gasteiger partial charge in [0.25, 0.3) is 0 Å². The first-order valence-electron chi connectivity index (χ1n) is 8.29. The monoisotopic (exact) mass is 307 g/mol. The number of Topliss-reactive ketones (excluding diaryl/α,β-unsaturated/α-hetero) is 1. The van der Waals surface area contributed by atoms with E-state index in [0.717, 1.165) is 35.4 Å². The Morgan fingerprint density at radius 2 is 1.68 bits per heavy atom. The van der Waals surface area contributed by atoms with E-state index in [1.165, 1.54) is 19.3 Å². The van der Waals surface area contributed by atoms with Crippen LogP contribution in [0.4, 0.5) is 0 Å². The first kappa shape index (κ1) is 18.5. The second kappa shape index (κ2) is 8.76. The van der Waals surface area contributed by atoms with Crippen molar-refractivity contribution in [2.24, 2.45) is 7.05 Å². The lowest BCUT2D eigenvalue weighted by atomic mass is 9.99. The molecule has 0 fully saturated rings. The fourth-order valence-electron chi connectivity index (χ4n) is 3.04. The Kier molecular flexibility index (Phi) is 7.36. The minimum absolute atomic E-state index is 0.1000. The SMILES string of the molecule is CCCCCCCC(=O)c1c(C)c(CCC(=O)O)n(C)c1C. The van der Waals surface area contributed by atoms with E-state index < -0.39 is 5.97 Å². The van der Waals surface area contributed by atoms with Gasteiger partial charge < -0.3 is 9.67 Å². The Morgan fingerprint density at radius 3 is 2.27 bits per heavy atom. The number of aromatic nitrogens is 1. The van der Waals surface area contributed by atoms with Crippen molar-refractivity contribution in [1.29, 1.82) is 0 Å². The fourth-order valence-corrected chi connectivity index (χ4v) is 3.04. The minimum atomic E-state index is -0.804. The number of carboxylic acids is 1. The smallest absolute Gasteiger partial charge is 0.303 e. The lowest BCUT2D eigenvalue weighted by Crippen LogP contribution is -2.04. The summed E-state index contributed by atoms with van der Waals surface area (Å²) >= 11 is 0. The number of carbonyl (C=O) groups excluding carboxylic acids is 1. The van der Waals surface area contributed by atoms with Gasteiger partial charge in [-0.2, -0.15) is 0 Å². The van der Waals surface area contributed by atoms with E-state index in [0.29, 0.717) is 12.8 Å². The Hall–Kier alpha value is -1.58. The zero-order valence-electron chi connectivity index (χ0n) is 14.4. The standard InChI is InChI=1S/C18H29NO3/c1-5-6-7-8-9-10-16(20)18-13(2)15(11-12-17(21)22)19(4)14(18)3/h5-12H2,1-4H3,(H,21,22). The molecule has 1 rings (SSSR count). The van der Waals surface area contributed by atoms with Crippen LogP contribution in [0.25, 0.3) is 0 Å². The van der Waals surface area contributed by atoms with Crippen molar-refractivity contribution in [2.75, 3.05) is 0 Å². The Labute approximate surface area is 133 Å². The van der Waals surface area contributed by atoms with Crippen molar-refractivity contribution in [1.82, 2.24) is 4.57 Å². The van der Waals surface area contributed by atoms with Gasteiger partial charge in [-0.05, 0) is 32.3 Å². The second-order valence-electron chi connectivity index (χ2n) is 6.07. The molecule has 0 atom stereocenters. The summed E-state index contributed by atoms with van der Waals surface area (Å²) in [6, 6.07) is 0. The molecule has 0 saturated carbocycles. The van der Waals surface area contributed by atoms with Gasteiger partial charge in [0.15, 0.2) is 5.78 Å². The lowest BCUT2D eigenvalue weighted by molar-refractivity contribution is -0.136. The maximum Gasteiger partial charge on any atom is 0.303 e. The molecule has 4 nitrogen and oxygen atoms in total. The molecule has 0 radical (unpaired) electrons. The molecule has 0 aromatic carbocycles. The van der Waals surface area contributed by atoms with Gasteiger partial charge in [-0.1, -0.05) is 32.6 Å². The van der Waals surface area contributed by atoms with Crippen molar-refractivity contribution >= 4 is 11.8 Å². The predicted octanol–water partition coefficient (Wildman–Crippen LogP) is 4.20. The van der Waals surface area contributed by atoms with Crippen molar-refractivity contribution in [3.8, 4) is 0 Å². The van der Waals surface area contributed by atoms with E-state index in [-0.39, 0.29) is 12.2 Å². The number of hydrogen-bond acceptors (Lipinski definition) is 2. The third-order valence-corrected chi connectivity index (χ3v) is 4.44. The van der Waals surface area contributed by atoms with Gasteiger partial charge in [0.05, 0.1) is 6.42 Å². The highest BCUT2D eigenvalue weighted by Crippen LogP contribution is 2.24. The topological polar surface area (TPSA) is 59.3 Å². The largest absolute Gasteiger partial charge is 0.481 e. The third kappa shape index (κ3) is 4.72. The molecule has 1 N–H and O–H groups in total. The predicted molar refractivity (Wildman–Crippen MR) is 88.6 cm³/mol. The fraction of sp³-hybridized carbons (Fsp3) is 0.667. The molecule has 0 saturated heterocycles. The highest BCUT2D eigenvalue weighted by Gasteiger charge is 2.20. The van der Waals surface area contributed by atoms with Crippen LogP contribution >= 0.6 is 0 Å². The van der Waals surface area contributed by atoms with Crippen molar-refractivity contribution in [2.45, 2.75) is 72.1 Å². The molecule has 1 aromatic heterocycles. The number of carboxylic acid groups (broad SMARTS) is 1. The van der Waals surface area contributed by atoms with Gasteiger partial charge in [-0.15, -0.1) is 0 Å². The van der Waals surface area contributed by atoms with E-state index in [2.05, 4.69) is 6.92 Å². The summed E-state index contributed by atoms with van der Waals surface area (Å²) in [6.45, 7) is 6.07. The first-order valence-corrected chi connectivity index (χ1v) is 8.29. The molecule has 4 heteroatoms. The van der Waals surface area contributed by atoms with Gasteiger partial charge in [-0.3, -0.25) is 9.59 Å². The highest BCUT2D eigenvalue weighted by molar-refractivity contribution is 5.99. The molecular weight excluding hydrogens is 278 g/mol. The molecule has 22 heavy (non-hydrogen) atoms. The van der Waals surface area contributed by atoms with Crippen LogP contribution in [0.5, 0.6) is 0 Å². The van der Waals surface area contributed by atoms with Crippen LogP contribution in [-0.4, -0.2) is 21.4 Å². The maximum atomic E-state index is 12.5. The van der Waals surface area contributed by atoms with Crippen molar-refractivity contribution in [3.05, 3.63) is 22.5 Å². The Bertz CT molecular complexity index is 529. The first-order chi connectivity index (χ1) is 10.4. The number of rotatable bonds is 10. The molecule has 124 valence electrons. The average molecular weight is 307 g/mol. The Morgan fingerprint density at radius 1 is 1.05 bits per heavy atom. The van der Waals surface area contributed by atoms with Crippen molar-refractivity contribution < 1.29 is 14.7 Å². The van der Waals surface area contributed by atoms with Crippen LogP contribution < -0.4 is 0 Å². The quantitative estimate of drug-likeness (QED) is 0.520. The molecule has 0 aliphatic carbocycles. The summed E-state index contributed by atoms with van der Waals surface area (Å²) < 4.78 is 1.97. The van der Waals surface area contributed by atoms with Gasteiger partial charge in [-0.25, -0.2) is 0 Å². The third-order valence-electron chi connectivity index (χ3n) is 4.44. The van der Waals surface area contributed by atoms with Crippen LogP contribution in [0.1, 0.15) is 79.2 Å². The number of hydrogen-bond donors (Lipinski definition) is 1. The number of carbonyl (C=O) groups is 2. The molecule has 0 aliphatic heterocycles. The van der Waals surface area contributed by atoms with Crippen LogP contribution in [0, 0.1) is 13.8 Å². The molecule has 1 aromatic rings. The number of aliphatic carboxylic acids is 1. The summed E-state index contributed by atoms with van der Waals surface area (Å²) in [5.74, 6) is -0.606. The molecular formula is C18H29NO3. The molecule has 0 aliphatic rings. The normalized spacial score (nSPS) is 10.9. The number of ketones is 1. The summed E-state index contributed by atoms with van der Waals surface area (Å²) in [5, 5.41) is 8.85. The molecule has 0 spiro atoms. The average Bonchev–Trinajstić information content (AvgIpc) is 2.67. The number of unbranched alkanes of at least 4 members (excludes halogenated alkanes) is 4. The molecule has 1 heterocycles. The Balaban J connectivity index is 2.75.